The third-order valence-corrected chi connectivity index (χ3v) is 2.71. The SMILES string of the molecule is CC(=O)c1ccc(N2C(=O)C[C@H](N)C2=O)cc1. The van der Waals surface area contributed by atoms with E-state index in [1.807, 2.05) is 0 Å². The van der Waals surface area contributed by atoms with Gasteiger partial charge in [0, 0.05) is 5.56 Å². The van der Waals surface area contributed by atoms with Crippen molar-refractivity contribution < 1.29 is 14.4 Å². The van der Waals surface area contributed by atoms with Crippen molar-refractivity contribution in [3.63, 3.8) is 0 Å². The summed E-state index contributed by atoms with van der Waals surface area (Å²) in [5.41, 5.74) is 6.50. The molecule has 0 aromatic heterocycles. The molecule has 1 aliphatic rings. The van der Waals surface area contributed by atoms with Crippen molar-refractivity contribution in [2.75, 3.05) is 4.90 Å². The van der Waals surface area contributed by atoms with Gasteiger partial charge in [-0.3, -0.25) is 14.4 Å². The number of carbonyl (C=O) groups excluding carboxylic acids is 3. The highest BCUT2D eigenvalue weighted by molar-refractivity contribution is 6.22. The van der Waals surface area contributed by atoms with Crippen molar-refractivity contribution in [2.45, 2.75) is 19.4 Å². The monoisotopic (exact) mass is 232 g/mol. The lowest BCUT2D eigenvalue weighted by Gasteiger charge is -2.14. The Balaban J connectivity index is 2.32. The van der Waals surface area contributed by atoms with Crippen molar-refractivity contribution in [3.8, 4) is 0 Å². The van der Waals surface area contributed by atoms with Gasteiger partial charge < -0.3 is 5.73 Å². The summed E-state index contributed by atoms with van der Waals surface area (Å²) in [5.74, 6) is -0.768. The first kappa shape index (κ1) is 11.5. The molecule has 0 bridgehead atoms. The number of ketones is 1. The molecule has 1 heterocycles. The van der Waals surface area contributed by atoms with Gasteiger partial charge in [0.05, 0.1) is 18.2 Å². The smallest absolute Gasteiger partial charge is 0.251 e. The maximum atomic E-state index is 11.6. The van der Waals surface area contributed by atoms with Crippen LogP contribution in [0.1, 0.15) is 23.7 Å². The molecule has 1 saturated heterocycles. The van der Waals surface area contributed by atoms with Crippen LogP contribution in [0.2, 0.25) is 0 Å². The molecular formula is C12H12N2O3. The first-order valence-corrected chi connectivity index (χ1v) is 5.24. The number of Topliss-reactive ketones (excluding diaryl/α,β-unsaturated/α-hetero) is 1. The first-order chi connectivity index (χ1) is 8.00. The zero-order valence-corrected chi connectivity index (χ0v) is 9.34. The molecule has 17 heavy (non-hydrogen) atoms. The Kier molecular flexibility index (Phi) is 2.77. The van der Waals surface area contributed by atoms with Gasteiger partial charge in [0.25, 0.3) is 5.91 Å². The summed E-state index contributed by atoms with van der Waals surface area (Å²) in [5, 5.41) is 0. The summed E-state index contributed by atoms with van der Waals surface area (Å²) in [6, 6.07) is 5.56. The summed E-state index contributed by atoms with van der Waals surface area (Å²) < 4.78 is 0. The van der Waals surface area contributed by atoms with E-state index in [2.05, 4.69) is 0 Å². The lowest BCUT2D eigenvalue weighted by atomic mass is 10.1. The number of amides is 2. The molecule has 0 radical (unpaired) electrons. The van der Waals surface area contributed by atoms with Crippen LogP contribution in [0.15, 0.2) is 24.3 Å². The highest BCUT2D eigenvalue weighted by atomic mass is 16.2. The average Bonchev–Trinajstić information content (AvgIpc) is 2.53. The van der Waals surface area contributed by atoms with E-state index in [0.29, 0.717) is 11.3 Å². The zero-order valence-electron chi connectivity index (χ0n) is 9.34. The number of benzene rings is 1. The number of imide groups is 1. The molecule has 0 saturated carbocycles. The minimum absolute atomic E-state index is 0.0350. The number of rotatable bonds is 2. The van der Waals surface area contributed by atoms with E-state index in [1.54, 1.807) is 24.3 Å². The minimum atomic E-state index is -0.755. The van der Waals surface area contributed by atoms with Crippen LogP contribution in [0.3, 0.4) is 0 Å². The van der Waals surface area contributed by atoms with Gasteiger partial charge in [-0.25, -0.2) is 4.90 Å². The third-order valence-electron chi connectivity index (χ3n) is 2.71. The third kappa shape index (κ3) is 1.97. The Morgan fingerprint density at radius 1 is 1.29 bits per heavy atom. The molecule has 0 aliphatic carbocycles. The highest BCUT2D eigenvalue weighted by Crippen LogP contribution is 2.22. The minimum Gasteiger partial charge on any atom is -0.319 e. The van der Waals surface area contributed by atoms with E-state index < -0.39 is 11.9 Å². The summed E-state index contributed by atoms with van der Waals surface area (Å²) in [6.45, 7) is 1.46. The molecule has 2 rings (SSSR count). The molecule has 1 aliphatic heterocycles. The van der Waals surface area contributed by atoms with Gasteiger partial charge in [0.15, 0.2) is 5.78 Å². The molecule has 0 unspecified atom stereocenters. The van der Waals surface area contributed by atoms with E-state index in [1.165, 1.54) is 6.92 Å². The van der Waals surface area contributed by atoms with Crippen LogP contribution in [0.4, 0.5) is 5.69 Å². The molecule has 1 atom stereocenters. The Hall–Kier alpha value is -2.01. The fraction of sp³-hybridized carbons (Fsp3) is 0.250. The summed E-state index contributed by atoms with van der Waals surface area (Å²) in [6.07, 6.45) is 0.0350. The van der Waals surface area contributed by atoms with Crippen LogP contribution in [-0.4, -0.2) is 23.6 Å². The van der Waals surface area contributed by atoms with Crippen LogP contribution in [0.25, 0.3) is 0 Å². The van der Waals surface area contributed by atoms with Crippen LogP contribution >= 0.6 is 0 Å². The van der Waals surface area contributed by atoms with Crippen molar-refractivity contribution >= 4 is 23.3 Å². The average molecular weight is 232 g/mol. The van der Waals surface area contributed by atoms with Gasteiger partial charge in [-0.15, -0.1) is 0 Å². The first-order valence-electron chi connectivity index (χ1n) is 5.24. The Bertz CT molecular complexity index is 493. The summed E-state index contributed by atoms with van der Waals surface area (Å²) >= 11 is 0. The maximum absolute atomic E-state index is 11.6. The van der Waals surface area contributed by atoms with Crippen LogP contribution < -0.4 is 10.6 Å². The van der Waals surface area contributed by atoms with E-state index in [0.717, 1.165) is 4.90 Å². The Labute approximate surface area is 98.2 Å². The second-order valence-electron chi connectivity index (χ2n) is 3.98. The summed E-state index contributed by atoms with van der Waals surface area (Å²) in [4.78, 5) is 35.4. The number of hydrogen-bond donors (Lipinski definition) is 1. The molecule has 1 aromatic carbocycles. The molecule has 5 nitrogen and oxygen atoms in total. The highest BCUT2D eigenvalue weighted by Gasteiger charge is 2.37. The van der Waals surface area contributed by atoms with Crippen molar-refractivity contribution in [1.82, 2.24) is 0 Å². The van der Waals surface area contributed by atoms with Gasteiger partial charge in [-0.05, 0) is 31.2 Å². The Morgan fingerprint density at radius 2 is 1.88 bits per heavy atom. The molecule has 5 heteroatoms. The van der Waals surface area contributed by atoms with Crippen molar-refractivity contribution in [2.24, 2.45) is 5.73 Å². The number of carbonyl (C=O) groups is 3. The topological polar surface area (TPSA) is 80.5 Å². The van der Waals surface area contributed by atoms with Crippen molar-refractivity contribution in [3.05, 3.63) is 29.8 Å². The lowest BCUT2D eigenvalue weighted by Crippen LogP contribution is -2.35. The molecular weight excluding hydrogens is 220 g/mol. The van der Waals surface area contributed by atoms with Gasteiger partial charge in [0.1, 0.15) is 0 Å². The number of nitrogens with zero attached hydrogens (tertiary/aromatic N) is 1. The van der Waals surface area contributed by atoms with Crippen LogP contribution in [0.5, 0.6) is 0 Å². The maximum Gasteiger partial charge on any atom is 0.251 e. The second-order valence-corrected chi connectivity index (χ2v) is 3.98. The fourth-order valence-corrected chi connectivity index (χ4v) is 1.77. The normalized spacial score (nSPS) is 19.9. The van der Waals surface area contributed by atoms with E-state index in [-0.39, 0.29) is 18.1 Å². The predicted molar refractivity (Wildman–Crippen MR) is 61.5 cm³/mol. The standard InChI is InChI=1S/C12H12N2O3/c1-7(15)8-2-4-9(5-3-8)14-11(16)6-10(13)12(14)17/h2-5,10H,6,13H2,1H3/t10-/m0/s1. The predicted octanol–water partition coefficient (Wildman–Crippen LogP) is 0.480. The molecule has 2 N–H and O–H groups in total. The van der Waals surface area contributed by atoms with Gasteiger partial charge in [-0.2, -0.15) is 0 Å². The number of anilines is 1. The Morgan fingerprint density at radius 3 is 2.29 bits per heavy atom. The molecule has 1 fully saturated rings. The largest absolute Gasteiger partial charge is 0.319 e. The zero-order chi connectivity index (χ0) is 12.6. The van der Waals surface area contributed by atoms with E-state index in [4.69, 9.17) is 5.73 Å². The lowest BCUT2D eigenvalue weighted by molar-refractivity contribution is -0.121. The fourth-order valence-electron chi connectivity index (χ4n) is 1.77. The summed E-state index contributed by atoms with van der Waals surface area (Å²) in [7, 11) is 0. The molecule has 0 spiro atoms. The van der Waals surface area contributed by atoms with Crippen LogP contribution in [-0.2, 0) is 9.59 Å². The molecule has 2 amide bonds. The van der Waals surface area contributed by atoms with Gasteiger partial charge in [-0.1, -0.05) is 0 Å². The molecule has 1 aromatic rings. The van der Waals surface area contributed by atoms with E-state index >= 15 is 0 Å². The van der Waals surface area contributed by atoms with Crippen molar-refractivity contribution in [1.29, 1.82) is 0 Å². The number of nitrogens with two attached hydrogens (primary N) is 1. The quantitative estimate of drug-likeness (QED) is 0.594. The number of hydrogen-bond acceptors (Lipinski definition) is 4. The molecule has 88 valence electrons. The van der Waals surface area contributed by atoms with E-state index in [9.17, 15) is 14.4 Å². The van der Waals surface area contributed by atoms with Gasteiger partial charge >= 0.3 is 0 Å². The van der Waals surface area contributed by atoms with Crippen LogP contribution in [0, 0.1) is 0 Å². The van der Waals surface area contributed by atoms with Gasteiger partial charge in [0.2, 0.25) is 5.91 Å². The second kappa shape index (κ2) is 4.10.